The Morgan fingerprint density at radius 2 is 1.94 bits per heavy atom. The molecule has 2 aromatic rings. The lowest BCUT2D eigenvalue weighted by Gasteiger charge is -2.20. The number of oxime groups is 1. The summed E-state index contributed by atoms with van der Waals surface area (Å²) >= 11 is 12.0. The summed E-state index contributed by atoms with van der Waals surface area (Å²) in [5, 5.41) is 17.3. The second kappa shape index (κ2) is 11.0. The molecule has 32 heavy (non-hydrogen) atoms. The molecule has 2 rings (SSSR count). The maximum Gasteiger partial charge on any atom is 0.353 e. The molecule has 0 aliphatic rings. The maximum atomic E-state index is 12.4. The average molecular weight is 503 g/mol. The predicted molar refractivity (Wildman–Crippen MR) is 117 cm³/mol. The first-order valence-corrected chi connectivity index (χ1v) is 10.5. The second-order valence-electron chi connectivity index (χ2n) is 6.53. The van der Waals surface area contributed by atoms with Crippen LogP contribution < -0.4 is 5.32 Å². The van der Waals surface area contributed by atoms with Crippen LogP contribution in [0.25, 0.3) is 0 Å². The van der Waals surface area contributed by atoms with Crippen LogP contribution in [-0.4, -0.2) is 44.2 Å². The highest BCUT2D eigenvalue weighted by molar-refractivity contribution is 7.14. The Balaban J connectivity index is 2.05. The van der Waals surface area contributed by atoms with E-state index in [9.17, 15) is 24.5 Å². The first kappa shape index (κ1) is 25.2. The van der Waals surface area contributed by atoms with Crippen molar-refractivity contribution < 1.29 is 28.9 Å². The minimum atomic E-state index is -1.61. The molecule has 0 spiro atoms. The molecule has 0 saturated carbocycles. The second-order valence-corrected chi connectivity index (χ2v) is 8.00. The minimum Gasteiger partial charge on any atom is -0.458 e. The highest BCUT2D eigenvalue weighted by Crippen LogP contribution is 2.20. The number of nitro groups is 1. The number of amides is 1. The van der Waals surface area contributed by atoms with E-state index in [1.807, 2.05) is 0 Å². The highest BCUT2D eigenvalue weighted by atomic mass is 35.5. The summed E-state index contributed by atoms with van der Waals surface area (Å²) < 4.78 is 5.16. The van der Waals surface area contributed by atoms with Crippen molar-refractivity contribution in [2.45, 2.75) is 26.1 Å². The summed E-state index contributed by atoms with van der Waals surface area (Å²) in [5.74, 6) is -1.57. The number of alkyl halides is 1. The molecule has 0 aliphatic heterocycles. The van der Waals surface area contributed by atoms with Crippen LogP contribution in [0.1, 0.15) is 25.1 Å². The molecule has 11 nitrogen and oxygen atoms in total. The van der Waals surface area contributed by atoms with Gasteiger partial charge in [-0.3, -0.25) is 19.7 Å². The van der Waals surface area contributed by atoms with Crippen molar-refractivity contribution in [3.05, 3.63) is 51.0 Å². The molecule has 0 saturated heterocycles. The third-order valence-corrected chi connectivity index (χ3v) is 4.85. The Bertz CT molecular complexity index is 1050. The lowest BCUT2D eigenvalue weighted by atomic mass is 10.1. The number of esters is 1. The number of benzene rings is 1. The van der Waals surface area contributed by atoms with Gasteiger partial charge < -0.3 is 14.9 Å². The summed E-state index contributed by atoms with van der Waals surface area (Å²) in [7, 11) is 0. The van der Waals surface area contributed by atoms with Gasteiger partial charge in [0.05, 0.1) is 4.92 Å². The van der Waals surface area contributed by atoms with Crippen molar-refractivity contribution in [2.24, 2.45) is 5.16 Å². The average Bonchev–Trinajstić information content (AvgIpc) is 3.19. The molecule has 1 heterocycles. The molecule has 0 atom stereocenters. The molecule has 0 bridgehead atoms. The van der Waals surface area contributed by atoms with E-state index in [4.69, 9.17) is 32.8 Å². The van der Waals surface area contributed by atoms with Crippen molar-refractivity contribution in [3.8, 4) is 0 Å². The smallest absolute Gasteiger partial charge is 0.353 e. The normalized spacial score (nSPS) is 11.6. The molecule has 1 aromatic carbocycles. The van der Waals surface area contributed by atoms with Gasteiger partial charge >= 0.3 is 5.97 Å². The van der Waals surface area contributed by atoms with Crippen LogP contribution in [0.3, 0.4) is 0 Å². The molecule has 1 N–H and O–H groups in total. The predicted octanol–water partition coefficient (Wildman–Crippen LogP) is 3.24. The van der Waals surface area contributed by atoms with Crippen LogP contribution in [0.15, 0.2) is 34.8 Å². The molecule has 1 aromatic heterocycles. The van der Waals surface area contributed by atoms with Gasteiger partial charge in [0.15, 0.2) is 10.8 Å². The first-order chi connectivity index (χ1) is 15.0. The summed E-state index contributed by atoms with van der Waals surface area (Å²) in [4.78, 5) is 54.8. The molecule has 0 unspecified atom stereocenters. The van der Waals surface area contributed by atoms with Gasteiger partial charge in [0.2, 0.25) is 11.5 Å². The fourth-order valence-electron chi connectivity index (χ4n) is 2.01. The number of carbonyl (C=O) groups excluding carboxylic acids is 3. The van der Waals surface area contributed by atoms with Gasteiger partial charge in [-0.1, -0.05) is 5.16 Å². The number of rotatable bonds is 10. The minimum absolute atomic E-state index is 0.0231. The molecular weight excluding hydrogens is 487 g/mol. The van der Waals surface area contributed by atoms with E-state index in [1.54, 1.807) is 0 Å². The van der Waals surface area contributed by atoms with Crippen molar-refractivity contribution in [1.29, 1.82) is 0 Å². The van der Waals surface area contributed by atoms with Crippen LogP contribution in [0.4, 0.5) is 10.8 Å². The lowest BCUT2D eigenvalue weighted by molar-refractivity contribution is -0.384. The number of anilines is 1. The van der Waals surface area contributed by atoms with Gasteiger partial charge in [0, 0.05) is 17.5 Å². The number of hydrogen-bond acceptors (Lipinski definition) is 10. The van der Waals surface area contributed by atoms with Crippen LogP contribution in [0.5, 0.6) is 0 Å². The Morgan fingerprint density at radius 1 is 1.28 bits per heavy atom. The monoisotopic (exact) mass is 502 g/mol. The maximum absolute atomic E-state index is 12.4. The zero-order valence-electron chi connectivity index (χ0n) is 16.7. The van der Waals surface area contributed by atoms with Crippen LogP contribution in [0, 0.1) is 10.1 Å². The van der Waals surface area contributed by atoms with E-state index in [0.29, 0.717) is 5.56 Å². The van der Waals surface area contributed by atoms with Gasteiger partial charge in [-0.15, -0.1) is 22.9 Å². The zero-order valence-corrected chi connectivity index (χ0v) is 19.0. The summed E-state index contributed by atoms with van der Waals surface area (Å²) in [5.41, 5.74) is -1.54. The SMILES string of the molecule is CC(C)(ON=C(C(=O)Cl)c1csc(NC(=O)CCl)n1)C(=O)OCc1ccc([N+](=O)[O-])cc1. The molecule has 0 radical (unpaired) electrons. The van der Waals surface area contributed by atoms with Crippen molar-refractivity contribution in [3.63, 3.8) is 0 Å². The van der Waals surface area contributed by atoms with Crippen molar-refractivity contribution >= 4 is 68.2 Å². The van der Waals surface area contributed by atoms with Gasteiger partial charge in [-0.2, -0.15) is 0 Å². The van der Waals surface area contributed by atoms with Gasteiger partial charge in [0.1, 0.15) is 18.2 Å². The van der Waals surface area contributed by atoms with E-state index in [2.05, 4.69) is 15.5 Å². The number of carbonyl (C=O) groups is 3. The van der Waals surface area contributed by atoms with Gasteiger partial charge in [-0.05, 0) is 43.1 Å². The fraction of sp³-hybridized carbons (Fsp3) is 0.278. The number of nitrogens with one attached hydrogen (secondary N) is 1. The number of non-ortho nitro benzene ring substituents is 1. The summed E-state index contributed by atoms with van der Waals surface area (Å²) in [6.07, 6.45) is 0. The fourth-order valence-corrected chi connectivity index (χ4v) is 2.92. The molecule has 14 heteroatoms. The van der Waals surface area contributed by atoms with Crippen LogP contribution >= 0.6 is 34.5 Å². The number of ether oxygens (including phenoxy) is 1. The summed E-state index contributed by atoms with van der Waals surface area (Å²) in [6, 6.07) is 5.46. The molecule has 1 amide bonds. The largest absolute Gasteiger partial charge is 0.458 e. The van der Waals surface area contributed by atoms with Crippen LogP contribution in [0.2, 0.25) is 0 Å². The van der Waals surface area contributed by atoms with Gasteiger partial charge in [0.25, 0.3) is 10.9 Å². The Hall–Kier alpha value is -3.09. The quantitative estimate of drug-likeness (QED) is 0.130. The lowest BCUT2D eigenvalue weighted by Crippen LogP contribution is -2.35. The number of hydrogen-bond donors (Lipinski definition) is 1. The zero-order chi connectivity index (χ0) is 23.9. The molecule has 170 valence electrons. The summed E-state index contributed by atoms with van der Waals surface area (Å²) in [6.45, 7) is 2.56. The molecule has 0 fully saturated rings. The number of thiazole rings is 1. The molecular formula is C18H16Cl2N4O7S. The Morgan fingerprint density at radius 3 is 2.50 bits per heavy atom. The van der Waals surface area contributed by atoms with Crippen LogP contribution in [-0.2, 0) is 30.6 Å². The first-order valence-electron chi connectivity index (χ1n) is 8.71. The number of halogens is 2. The highest BCUT2D eigenvalue weighted by Gasteiger charge is 2.33. The Kier molecular flexibility index (Phi) is 8.63. The molecule has 0 aliphatic carbocycles. The topological polar surface area (TPSA) is 150 Å². The van der Waals surface area contributed by atoms with Crippen molar-refractivity contribution in [1.82, 2.24) is 4.98 Å². The number of nitrogens with zero attached hydrogens (tertiary/aromatic N) is 3. The number of nitro benzene ring substituents is 1. The Labute approximate surface area is 195 Å². The van der Waals surface area contributed by atoms with Gasteiger partial charge in [-0.25, -0.2) is 9.78 Å². The third-order valence-electron chi connectivity index (χ3n) is 3.67. The van der Waals surface area contributed by atoms with Crippen molar-refractivity contribution in [2.75, 3.05) is 11.2 Å². The van der Waals surface area contributed by atoms with E-state index >= 15 is 0 Å². The number of aromatic nitrogens is 1. The van der Waals surface area contributed by atoms with E-state index in [0.717, 1.165) is 11.3 Å². The van der Waals surface area contributed by atoms with E-state index < -0.39 is 27.6 Å². The standard InChI is InChI=1S/C18H16Cl2N4O7S/c1-18(2,16(27)30-8-10-3-5-11(6-4-10)24(28)29)31-23-14(15(20)26)12-9-32-17(21-12)22-13(25)7-19/h3-6,9H,7-8H2,1-2H3,(H,21,22,25). The van der Waals surface area contributed by atoms with E-state index in [-0.39, 0.29) is 34.7 Å². The third kappa shape index (κ3) is 6.97. The van der Waals surface area contributed by atoms with E-state index in [1.165, 1.54) is 43.5 Å².